The largest absolute Gasteiger partial charge is 0.369 e. The first kappa shape index (κ1) is 15.2. The van der Waals surface area contributed by atoms with Gasteiger partial charge in [-0.1, -0.05) is 6.92 Å². The highest BCUT2D eigenvalue weighted by molar-refractivity contribution is 5.98. The Bertz CT molecular complexity index is 527. The number of amides is 2. The zero-order valence-electron chi connectivity index (χ0n) is 12.6. The number of nitrogens with one attached hydrogen (secondary N) is 2. The fourth-order valence-corrected chi connectivity index (χ4v) is 2.19. The Labute approximate surface area is 124 Å². The maximum Gasteiger partial charge on any atom is 0.275 e. The Hall–Kier alpha value is -2.18. The van der Waals surface area contributed by atoms with Gasteiger partial charge >= 0.3 is 0 Å². The van der Waals surface area contributed by atoms with Gasteiger partial charge in [-0.3, -0.25) is 9.59 Å². The van der Waals surface area contributed by atoms with Crippen molar-refractivity contribution >= 4 is 17.6 Å². The molecule has 0 bridgehead atoms. The fraction of sp³-hybridized carbons (Fsp3) is 0.571. The van der Waals surface area contributed by atoms with E-state index in [0.29, 0.717) is 18.9 Å². The average Bonchev–Trinajstić information content (AvgIpc) is 2.48. The Morgan fingerprint density at radius 2 is 2.19 bits per heavy atom. The molecule has 1 aliphatic rings. The van der Waals surface area contributed by atoms with Crippen molar-refractivity contribution in [3.63, 3.8) is 0 Å². The molecule has 0 unspecified atom stereocenters. The lowest BCUT2D eigenvalue weighted by molar-refractivity contribution is -0.133. The van der Waals surface area contributed by atoms with Gasteiger partial charge in [0.15, 0.2) is 5.69 Å². The molecule has 0 radical (unpaired) electrons. The second-order valence-corrected chi connectivity index (χ2v) is 5.50. The van der Waals surface area contributed by atoms with Crippen LogP contribution in [-0.2, 0) is 4.79 Å². The maximum atomic E-state index is 12.5. The van der Waals surface area contributed by atoms with Crippen molar-refractivity contribution in [2.24, 2.45) is 0 Å². The minimum absolute atomic E-state index is 0.156. The van der Waals surface area contributed by atoms with Crippen LogP contribution in [0.25, 0.3) is 0 Å². The van der Waals surface area contributed by atoms with Crippen LogP contribution in [0.3, 0.4) is 0 Å². The number of hydrogen-bond donors (Lipinski definition) is 2. The van der Waals surface area contributed by atoms with Crippen molar-refractivity contribution in [3.8, 4) is 0 Å². The second kappa shape index (κ2) is 6.07. The summed E-state index contributed by atoms with van der Waals surface area (Å²) >= 11 is 0. The van der Waals surface area contributed by atoms with Crippen LogP contribution in [0.15, 0.2) is 12.1 Å². The molecule has 0 atom stereocenters. The molecule has 2 rings (SSSR count). The van der Waals surface area contributed by atoms with Gasteiger partial charge in [-0.25, -0.2) is 0 Å². The van der Waals surface area contributed by atoms with Gasteiger partial charge in [0.25, 0.3) is 5.91 Å². The molecule has 2 amide bonds. The molecular formula is C14H21N5O2. The normalized spacial score (nSPS) is 17.3. The zero-order chi connectivity index (χ0) is 15.5. The third kappa shape index (κ3) is 3.12. The summed E-state index contributed by atoms with van der Waals surface area (Å²) in [7, 11) is 0. The van der Waals surface area contributed by atoms with E-state index in [9.17, 15) is 9.59 Å². The lowest BCUT2D eigenvalue weighted by atomic mass is 9.98. The van der Waals surface area contributed by atoms with Crippen LogP contribution >= 0.6 is 0 Å². The summed E-state index contributed by atoms with van der Waals surface area (Å²) in [6.45, 7) is 7.24. The quantitative estimate of drug-likeness (QED) is 0.850. The predicted octanol–water partition coefficient (Wildman–Crippen LogP) is 0.649. The van der Waals surface area contributed by atoms with Crippen LogP contribution in [0.2, 0.25) is 0 Å². The number of carbonyl (C=O) groups excluding carboxylic acids is 2. The van der Waals surface area contributed by atoms with Gasteiger partial charge in [-0.05, 0) is 32.4 Å². The Morgan fingerprint density at radius 3 is 2.81 bits per heavy atom. The molecule has 1 fully saturated rings. The molecule has 2 heterocycles. The second-order valence-electron chi connectivity index (χ2n) is 5.50. The number of piperazine rings is 1. The number of aromatic nitrogens is 2. The number of nitrogens with zero attached hydrogens (tertiary/aromatic N) is 3. The third-order valence-corrected chi connectivity index (χ3v) is 3.54. The standard InChI is InChI=1S/C14H21N5O2/c1-4-7-15-11-6-5-10(17-18-11)12(20)19-9-8-16-13(21)14(19,2)3/h5-6H,4,7-9H2,1-3H3,(H,15,18)(H,16,21). The molecule has 0 aromatic carbocycles. The van der Waals surface area contributed by atoms with E-state index in [1.165, 1.54) is 4.90 Å². The van der Waals surface area contributed by atoms with Gasteiger partial charge in [0.1, 0.15) is 11.4 Å². The highest BCUT2D eigenvalue weighted by Gasteiger charge is 2.41. The summed E-state index contributed by atoms with van der Waals surface area (Å²) in [6.07, 6.45) is 0.986. The Balaban J connectivity index is 2.14. The summed E-state index contributed by atoms with van der Waals surface area (Å²) in [5, 5.41) is 13.8. The number of rotatable bonds is 4. The molecule has 1 aliphatic heterocycles. The van der Waals surface area contributed by atoms with E-state index in [4.69, 9.17) is 0 Å². The van der Waals surface area contributed by atoms with E-state index >= 15 is 0 Å². The highest BCUT2D eigenvalue weighted by atomic mass is 16.2. The number of carbonyl (C=O) groups is 2. The van der Waals surface area contributed by atoms with E-state index in [1.54, 1.807) is 26.0 Å². The Morgan fingerprint density at radius 1 is 1.43 bits per heavy atom. The van der Waals surface area contributed by atoms with Gasteiger partial charge in [-0.15, -0.1) is 10.2 Å². The topological polar surface area (TPSA) is 87.2 Å². The van der Waals surface area contributed by atoms with Crippen molar-refractivity contribution in [2.75, 3.05) is 25.0 Å². The first-order chi connectivity index (χ1) is 9.96. The first-order valence-corrected chi connectivity index (χ1v) is 7.14. The summed E-state index contributed by atoms with van der Waals surface area (Å²) in [6, 6.07) is 3.36. The van der Waals surface area contributed by atoms with Crippen LogP contribution in [-0.4, -0.2) is 52.1 Å². The van der Waals surface area contributed by atoms with E-state index in [0.717, 1.165) is 13.0 Å². The smallest absolute Gasteiger partial charge is 0.275 e. The number of hydrogen-bond acceptors (Lipinski definition) is 5. The van der Waals surface area contributed by atoms with E-state index in [-0.39, 0.29) is 17.5 Å². The van der Waals surface area contributed by atoms with Crippen LogP contribution in [0.5, 0.6) is 0 Å². The van der Waals surface area contributed by atoms with Gasteiger partial charge in [0, 0.05) is 19.6 Å². The van der Waals surface area contributed by atoms with E-state index in [1.807, 2.05) is 0 Å². The van der Waals surface area contributed by atoms with E-state index < -0.39 is 5.54 Å². The summed E-state index contributed by atoms with van der Waals surface area (Å²) < 4.78 is 0. The molecule has 1 saturated heterocycles. The number of anilines is 1. The van der Waals surface area contributed by atoms with E-state index in [2.05, 4.69) is 27.8 Å². The van der Waals surface area contributed by atoms with Crippen molar-refractivity contribution in [2.45, 2.75) is 32.7 Å². The molecular weight excluding hydrogens is 270 g/mol. The molecule has 7 nitrogen and oxygen atoms in total. The van der Waals surface area contributed by atoms with Crippen molar-refractivity contribution in [3.05, 3.63) is 17.8 Å². The lowest BCUT2D eigenvalue weighted by Crippen LogP contribution is -2.63. The van der Waals surface area contributed by atoms with Crippen LogP contribution in [0.4, 0.5) is 5.82 Å². The van der Waals surface area contributed by atoms with Crippen LogP contribution in [0, 0.1) is 0 Å². The maximum absolute atomic E-state index is 12.5. The Kier molecular flexibility index (Phi) is 4.40. The fourth-order valence-electron chi connectivity index (χ4n) is 2.19. The minimum atomic E-state index is -0.879. The molecule has 1 aromatic heterocycles. The highest BCUT2D eigenvalue weighted by Crippen LogP contribution is 2.20. The van der Waals surface area contributed by atoms with Crippen molar-refractivity contribution < 1.29 is 9.59 Å². The average molecular weight is 291 g/mol. The predicted molar refractivity (Wildman–Crippen MR) is 78.9 cm³/mol. The van der Waals surface area contributed by atoms with Gasteiger partial charge in [0.2, 0.25) is 5.91 Å². The van der Waals surface area contributed by atoms with Crippen LogP contribution in [0.1, 0.15) is 37.7 Å². The molecule has 1 aromatic rings. The first-order valence-electron chi connectivity index (χ1n) is 7.14. The molecule has 7 heteroatoms. The van der Waals surface area contributed by atoms with Gasteiger partial charge in [0.05, 0.1) is 0 Å². The molecule has 21 heavy (non-hydrogen) atoms. The van der Waals surface area contributed by atoms with Gasteiger partial charge < -0.3 is 15.5 Å². The minimum Gasteiger partial charge on any atom is -0.369 e. The molecule has 114 valence electrons. The molecule has 0 aliphatic carbocycles. The SMILES string of the molecule is CCCNc1ccc(C(=O)N2CCNC(=O)C2(C)C)nn1. The zero-order valence-corrected chi connectivity index (χ0v) is 12.6. The lowest BCUT2D eigenvalue weighted by Gasteiger charge is -2.40. The monoisotopic (exact) mass is 291 g/mol. The molecule has 2 N–H and O–H groups in total. The molecule has 0 spiro atoms. The summed E-state index contributed by atoms with van der Waals surface area (Å²) in [4.78, 5) is 25.9. The van der Waals surface area contributed by atoms with Crippen LogP contribution < -0.4 is 10.6 Å². The van der Waals surface area contributed by atoms with Crippen molar-refractivity contribution in [1.29, 1.82) is 0 Å². The van der Waals surface area contributed by atoms with Crippen molar-refractivity contribution in [1.82, 2.24) is 20.4 Å². The molecule has 0 saturated carbocycles. The summed E-state index contributed by atoms with van der Waals surface area (Å²) in [5.41, 5.74) is -0.629. The third-order valence-electron chi connectivity index (χ3n) is 3.54. The van der Waals surface area contributed by atoms with Gasteiger partial charge in [-0.2, -0.15) is 0 Å². The summed E-state index contributed by atoms with van der Waals surface area (Å²) in [5.74, 6) is 0.213.